The molecule has 4 nitrogen and oxygen atoms in total. The van der Waals surface area contributed by atoms with Crippen molar-refractivity contribution in [2.45, 2.75) is 26.3 Å². The zero-order valence-electron chi connectivity index (χ0n) is 9.06. The Morgan fingerprint density at radius 3 is 3.00 bits per heavy atom. The zero-order valence-corrected chi connectivity index (χ0v) is 9.06. The minimum atomic E-state index is -0.604. The largest absolute Gasteiger partial charge is 0.465 e. The van der Waals surface area contributed by atoms with Crippen LogP contribution in [0.4, 0.5) is 0 Å². The molecule has 0 aliphatic rings. The van der Waals surface area contributed by atoms with Crippen LogP contribution in [0.2, 0.25) is 0 Å². The highest BCUT2D eigenvalue weighted by atomic mass is 16.5. The van der Waals surface area contributed by atoms with Crippen LogP contribution in [-0.2, 0) is 16.0 Å². The number of pyridine rings is 1. The van der Waals surface area contributed by atoms with Gasteiger partial charge in [-0.15, -0.1) is 0 Å². The molecule has 1 aromatic rings. The number of aromatic nitrogens is 1. The van der Waals surface area contributed by atoms with Crippen molar-refractivity contribution in [1.82, 2.24) is 4.98 Å². The molecule has 1 atom stereocenters. The van der Waals surface area contributed by atoms with Gasteiger partial charge in [0.2, 0.25) is 0 Å². The maximum Gasteiger partial charge on any atom is 0.323 e. The van der Waals surface area contributed by atoms with Crippen molar-refractivity contribution in [3.05, 3.63) is 29.6 Å². The fourth-order valence-corrected chi connectivity index (χ4v) is 1.28. The van der Waals surface area contributed by atoms with Gasteiger partial charge in [-0.2, -0.15) is 0 Å². The molecule has 1 aromatic heterocycles. The maximum absolute atomic E-state index is 11.3. The van der Waals surface area contributed by atoms with Crippen molar-refractivity contribution in [2.75, 3.05) is 6.61 Å². The normalized spacial score (nSPS) is 12.2. The molecular weight excluding hydrogens is 192 g/mol. The highest BCUT2D eigenvalue weighted by molar-refractivity contribution is 5.75. The highest BCUT2D eigenvalue weighted by Crippen LogP contribution is 2.07. The van der Waals surface area contributed by atoms with Crippen LogP contribution in [0.5, 0.6) is 0 Å². The Morgan fingerprint density at radius 2 is 2.40 bits per heavy atom. The summed E-state index contributed by atoms with van der Waals surface area (Å²) in [4.78, 5) is 15.3. The van der Waals surface area contributed by atoms with Gasteiger partial charge in [0.05, 0.1) is 6.61 Å². The predicted octanol–water partition coefficient (Wildman–Crippen LogP) is 0.823. The second-order valence-corrected chi connectivity index (χ2v) is 3.36. The topological polar surface area (TPSA) is 65.2 Å². The Bertz CT molecular complexity index is 339. The van der Waals surface area contributed by atoms with Crippen LogP contribution >= 0.6 is 0 Å². The molecular formula is C11H16N2O2. The van der Waals surface area contributed by atoms with Crippen molar-refractivity contribution in [2.24, 2.45) is 5.73 Å². The number of aryl methyl sites for hydroxylation is 1. The number of carbonyl (C=O) groups is 1. The van der Waals surface area contributed by atoms with Gasteiger partial charge in [-0.05, 0) is 31.0 Å². The first-order valence-corrected chi connectivity index (χ1v) is 4.96. The maximum atomic E-state index is 11.3. The molecule has 1 unspecified atom stereocenters. The first-order valence-electron chi connectivity index (χ1n) is 4.96. The van der Waals surface area contributed by atoms with Gasteiger partial charge in [0, 0.05) is 18.8 Å². The fourth-order valence-electron chi connectivity index (χ4n) is 1.28. The molecule has 15 heavy (non-hydrogen) atoms. The summed E-state index contributed by atoms with van der Waals surface area (Å²) >= 11 is 0. The van der Waals surface area contributed by atoms with Gasteiger partial charge >= 0.3 is 5.97 Å². The molecule has 0 aliphatic heterocycles. The highest BCUT2D eigenvalue weighted by Gasteiger charge is 2.15. The number of rotatable bonds is 4. The van der Waals surface area contributed by atoms with E-state index in [1.165, 1.54) is 0 Å². The predicted molar refractivity (Wildman–Crippen MR) is 57.3 cm³/mol. The quantitative estimate of drug-likeness (QED) is 0.744. The van der Waals surface area contributed by atoms with E-state index in [2.05, 4.69) is 4.98 Å². The van der Waals surface area contributed by atoms with Crippen molar-refractivity contribution >= 4 is 5.97 Å². The van der Waals surface area contributed by atoms with E-state index in [-0.39, 0.29) is 5.97 Å². The molecule has 4 heteroatoms. The lowest BCUT2D eigenvalue weighted by Crippen LogP contribution is -2.34. The van der Waals surface area contributed by atoms with Gasteiger partial charge in [-0.25, -0.2) is 0 Å². The minimum Gasteiger partial charge on any atom is -0.465 e. The van der Waals surface area contributed by atoms with Crippen molar-refractivity contribution in [3.8, 4) is 0 Å². The summed E-state index contributed by atoms with van der Waals surface area (Å²) in [5, 5.41) is 0. The summed E-state index contributed by atoms with van der Waals surface area (Å²) in [5.41, 5.74) is 7.77. The summed E-state index contributed by atoms with van der Waals surface area (Å²) in [6.07, 6.45) is 3.92. The van der Waals surface area contributed by atoms with Crippen molar-refractivity contribution in [1.29, 1.82) is 0 Å². The second-order valence-electron chi connectivity index (χ2n) is 3.36. The van der Waals surface area contributed by atoms with Crippen LogP contribution in [0, 0.1) is 6.92 Å². The Balaban J connectivity index is 2.62. The average molecular weight is 208 g/mol. The molecule has 0 fully saturated rings. The SMILES string of the molecule is CCOC(=O)C(N)Cc1cnccc1C. The number of nitrogens with two attached hydrogens (primary N) is 1. The van der Waals surface area contributed by atoms with Crippen LogP contribution in [0.1, 0.15) is 18.1 Å². The van der Waals surface area contributed by atoms with Gasteiger partial charge < -0.3 is 10.5 Å². The van der Waals surface area contributed by atoms with Crippen molar-refractivity contribution in [3.63, 3.8) is 0 Å². The van der Waals surface area contributed by atoms with Gasteiger partial charge in [0.25, 0.3) is 0 Å². The smallest absolute Gasteiger partial charge is 0.323 e. The molecule has 2 N–H and O–H groups in total. The zero-order chi connectivity index (χ0) is 11.3. The van der Waals surface area contributed by atoms with E-state index >= 15 is 0 Å². The molecule has 0 aromatic carbocycles. The monoisotopic (exact) mass is 208 g/mol. The van der Waals surface area contributed by atoms with Crippen LogP contribution in [0.15, 0.2) is 18.5 Å². The van der Waals surface area contributed by atoms with Gasteiger partial charge in [0.15, 0.2) is 0 Å². The first-order chi connectivity index (χ1) is 7.15. The fraction of sp³-hybridized carbons (Fsp3) is 0.455. The summed E-state index contributed by atoms with van der Waals surface area (Å²) in [6, 6.07) is 1.29. The Kier molecular flexibility index (Phi) is 4.24. The van der Waals surface area contributed by atoms with Crippen LogP contribution in [0.25, 0.3) is 0 Å². The number of nitrogens with zero attached hydrogens (tertiary/aromatic N) is 1. The first kappa shape index (κ1) is 11.7. The molecule has 1 rings (SSSR count). The van der Waals surface area contributed by atoms with E-state index in [9.17, 15) is 4.79 Å². The number of ether oxygens (including phenoxy) is 1. The number of esters is 1. The molecule has 1 heterocycles. The van der Waals surface area contributed by atoms with E-state index in [1.54, 1.807) is 19.3 Å². The third kappa shape index (κ3) is 3.32. The summed E-state index contributed by atoms with van der Waals surface area (Å²) in [7, 11) is 0. The van der Waals surface area contributed by atoms with E-state index in [4.69, 9.17) is 10.5 Å². The minimum absolute atomic E-state index is 0.360. The van der Waals surface area contributed by atoms with Crippen LogP contribution in [-0.4, -0.2) is 23.6 Å². The Hall–Kier alpha value is -1.42. The standard InChI is InChI=1S/C11H16N2O2/c1-3-15-11(14)10(12)6-9-7-13-5-4-8(9)2/h4-5,7,10H,3,6,12H2,1-2H3. The molecule has 82 valence electrons. The van der Waals surface area contributed by atoms with Gasteiger partial charge in [0.1, 0.15) is 6.04 Å². The third-order valence-electron chi connectivity index (χ3n) is 2.18. The number of hydrogen-bond acceptors (Lipinski definition) is 4. The molecule has 0 bridgehead atoms. The third-order valence-corrected chi connectivity index (χ3v) is 2.18. The lowest BCUT2D eigenvalue weighted by atomic mass is 10.0. The average Bonchev–Trinajstić information content (AvgIpc) is 2.21. The summed E-state index contributed by atoms with van der Waals surface area (Å²) < 4.78 is 4.83. The molecule has 0 spiro atoms. The molecule has 0 radical (unpaired) electrons. The molecule has 0 aliphatic carbocycles. The van der Waals surface area contributed by atoms with E-state index in [1.807, 2.05) is 13.0 Å². The molecule has 0 saturated heterocycles. The summed E-state index contributed by atoms with van der Waals surface area (Å²) in [6.45, 7) is 4.09. The van der Waals surface area contributed by atoms with Crippen molar-refractivity contribution < 1.29 is 9.53 Å². The van der Waals surface area contributed by atoms with Gasteiger partial charge in [-0.3, -0.25) is 9.78 Å². The van der Waals surface area contributed by atoms with E-state index < -0.39 is 6.04 Å². The Morgan fingerprint density at radius 1 is 1.67 bits per heavy atom. The lowest BCUT2D eigenvalue weighted by molar-refractivity contribution is -0.144. The van der Waals surface area contributed by atoms with Gasteiger partial charge in [-0.1, -0.05) is 0 Å². The summed E-state index contributed by atoms with van der Waals surface area (Å²) in [5.74, 6) is -0.360. The molecule has 0 saturated carbocycles. The number of carbonyl (C=O) groups excluding carboxylic acids is 1. The Labute approximate surface area is 89.5 Å². The lowest BCUT2D eigenvalue weighted by Gasteiger charge is -2.11. The van der Waals surface area contributed by atoms with E-state index in [0.29, 0.717) is 13.0 Å². The number of hydrogen-bond donors (Lipinski definition) is 1. The van der Waals surface area contributed by atoms with E-state index in [0.717, 1.165) is 11.1 Å². The van der Waals surface area contributed by atoms with Crippen LogP contribution < -0.4 is 5.73 Å². The molecule has 0 amide bonds. The second kappa shape index (κ2) is 5.46. The van der Waals surface area contributed by atoms with Crippen LogP contribution in [0.3, 0.4) is 0 Å².